The molecule has 2 N–H and O–H groups in total. The Kier molecular flexibility index (Phi) is 3.78. The second kappa shape index (κ2) is 4.93. The Bertz CT molecular complexity index is 544. The summed E-state index contributed by atoms with van der Waals surface area (Å²) in [6.45, 7) is 7.93. The SMILES string of the molecule is CCOc1nc(N)c(C#N)c(C(C)(C)C)c1C#N. The van der Waals surface area contributed by atoms with Crippen LogP contribution in [-0.4, -0.2) is 11.6 Å². The minimum Gasteiger partial charge on any atom is -0.477 e. The Morgan fingerprint density at radius 2 is 1.78 bits per heavy atom. The van der Waals surface area contributed by atoms with E-state index in [1.54, 1.807) is 6.92 Å². The van der Waals surface area contributed by atoms with Gasteiger partial charge in [0.2, 0.25) is 5.88 Å². The number of rotatable bonds is 2. The highest BCUT2D eigenvalue weighted by Gasteiger charge is 2.28. The summed E-state index contributed by atoms with van der Waals surface area (Å²) in [5.41, 5.74) is 6.50. The van der Waals surface area contributed by atoms with Gasteiger partial charge in [0, 0.05) is 5.56 Å². The highest BCUT2D eigenvalue weighted by atomic mass is 16.5. The molecule has 0 spiro atoms. The van der Waals surface area contributed by atoms with Crippen molar-refractivity contribution in [2.24, 2.45) is 0 Å². The predicted octanol–water partition coefficient (Wildman–Crippen LogP) is 2.10. The van der Waals surface area contributed by atoms with Crippen molar-refractivity contribution in [2.45, 2.75) is 33.1 Å². The van der Waals surface area contributed by atoms with E-state index < -0.39 is 0 Å². The third kappa shape index (κ3) is 2.36. The molecule has 0 bridgehead atoms. The smallest absolute Gasteiger partial charge is 0.234 e. The lowest BCUT2D eigenvalue weighted by atomic mass is 9.81. The number of hydrogen-bond acceptors (Lipinski definition) is 5. The molecule has 0 saturated carbocycles. The zero-order valence-corrected chi connectivity index (χ0v) is 11.0. The molecule has 0 atom stereocenters. The Labute approximate surface area is 107 Å². The molecule has 0 aliphatic rings. The standard InChI is InChI=1S/C13H16N4O/c1-5-18-12-9(7-15)10(13(2,3)4)8(6-14)11(16)17-12/h5H2,1-4H3,(H2,16,17). The number of aromatic nitrogens is 1. The number of pyridine rings is 1. The maximum absolute atomic E-state index is 9.28. The fraction of sp³-hybridized carbons (Fsp3) is 0.462. The summed E-state index contributed by atoms with van der Waals surface area (Å²) in [4.78, 5) is 3.99. The van der Waals surface area contributed by atoms with Crippen molar-refractivity contribution in [1.82, 2.24) is 4.98 Å². The molecule has 1 heterocycles. The third-order valence-corrected chi connectivity index (χ3v) is 2.45. The van der Waals surface area contributed by atoms with E-state index in [-0.39, 0.29) is 28.2 Å². The predicted molar refractivity (Wildman–Crippen MR) is 67.9 cm³/mol. The number of nitrogens with zero attached hydrogens (tertiary/aromatic N) is 3. The zero-order chi connectivity index (χ0) is 13.9. The number of nitriles is 2. The van der Waals surface area contributed by atoms with Gasteiger partial charge in [0.15, 0.2) is 0 Å². The first kappa shape index (κ1) is 13.8. The van der Waals surface area contributed by atoms with Gasteiger partial charge in [-0.3, -0.25) is 0 Å². The molecule has 0 unspecified atom stereocenters. The van der Waals surface area contributed by atoms with Gasteiger partial charge in [-0.15, -0.1) is 0 Å². The summed E-state index contributed by atoms with van der Waals surface area (Å²) in [6, 6.07) is 4.08. The largest absolute Gasteiger partial charge is 0.477 e. The Morgan fingerprint density at radius 1 is 1.22 bits per heavy atom. The number of nitrogen functional groups attached to an aromatic ring is 1. The molecule has 1 aromatic rings. The lowest BCUT2D eigenvalue weighted by molar-refractivity contribution is 0.325. The van der Waals surface area contributed by atoms with Crippen molar-refractivity contribution < 1.29 is 4.74 Å². The number of ether oxygens (including phenoxy) is 1. The Morgan fingerprint density at radius 3 is 2.17 bits per heavy atom. The van der Waals surface area contributed by atoms with Gasteiger partial charge in [-0.2, -0.15) is 15.5 Å². The first-order valence-electron chi connectivity index (χ1n) is 5.63. The van der Waals surface area contributed by atoms with Crippen LogP contribution in [0, 0.1) is 22.7 Å². The lowest BCUT2D eigenvalue weighted by Crippen LogP contribution is -2.19. The normalized spacial score (nSPS) is 10.6. The molecule has 18 heavy (non-hydrogen) atoms. The molecule has 5 nitrogen and oxygen atoms in total. The molecule has 0 saturated heterocycles. The molecular formula is C13H16N4O. The van der Waals surface area contributed by atoms with Gasteiger partial charge >= 0.3 is 0 Å². The van der Waals surface area contributed by atoms with E-state index in [4.69, 9.17) is 10.5 Å². The van der Waals surface area contributed by atoms with Crippen LogP contribution in [0.25, 0.3) is 0 Å². The zero-order valence-electron chi connectivity index (χ0n) is 11.0. The second-order valence-corrected chi connectivity index (χ2v) is 4.83. The van der Waals surface area contributed by atoms with E-state index in [2.05, 4.69) is 11.1 Å². The van der Waals surface area contributed by atoms with E-state index in [1.165, 1.54) is 0 Å². The summed E-state index contributed by atoms with van der Waals surface area (Å²) >= 11 is 0. The van der Waals surface area contributed by atoms with Crippen molar-refractivity contribution >= 4 is 5.82 Å². The fourth-order valence-corrected chi connectivity index (χ4v) is 1.79. The monoisotopic (exact) mass is 244 g/mol. The van der Waals surface area contributed by atoms with Crippen LogP contribution < -0.4 is 10.5 Å². The first-order valence-corrected chi connectivity index (χ1v) is 5.63. The molecule has 0 amide bonds. The van der Waals surface area contributed by atoms with Crippen LogP contribution in [0.1, 0.15) is 44.4 Å². The quantitative estimate of drug-likeness (QED) is 0.859. The summed E-state index contributed by atoms with van der Waals surface area (Å²) in [5.74, 6) is 0.298. The van der Waals surface area contributed by atoms with Crippen LogP contribution >= 0.6 is 0 Å². The van der Waals surface area contributed by atoms with E-state index >= 15 is 0 Å². The van der Waals surface area contributed by atoms with Crippen LogP contribution in [0.5, 0.6) is 5.88 Å². The van der Waals surface area contributed by atoms with Crippen LogP contribution in [0.3, 0.4) is 0 Å². The van der Waals surface area contributed by atoms with E-state index in [9.17, 15) is 10.5 Å². The minimum atomic E-state index is -0.390. The van der Waals surface area contributed by atoms with Crippen molar-refractivity contribution in [1.29, 1.82) is 10.5 Å². The van der Waals surface area contributed by atoms with E-state index in [1.807, 2.05) is 26.8 Å². The van der Waals surface area contributed by atoms with Crippen LogP contribution in [-0.2, 0) is 5.41 Å². The van der Waals surface area contributed by atoms with Gasteiger partial charge in [-0.05, 0) is 12.3 Å². The van der Waals surface area contributed by atoms with Gasteiger partial charge in [-0.25, -0.2) is 0 Å². The maximum atomic E-state index is 9.28. The molecule has 1 rings (SSSR count). The van der Waals surface area contributed by atoms with Gasteiger partial charge in [0.1, 0.15) is 23.5 Å². The number of hydrogen-bond donors (Lipinski definition) is 1. The molecule has 0 aliphatic carbocycles. The average Bonchev–Trinajstić information content (AvgIpc) is 2.27. The Hall–Kier alpha value is -2.27. The first-order chi connectivity index (χ1) is 8.36. The van der Waals surface area contributed by atoms with Gasteiger partial charge < -0.3 is 10.5 Å². The van der Waals surface area contributed by atoms with Crippen LogP contribution in [0.15, 0.2) is 0 Å². The molecule has 0 fully saturated rings. The number of nitrogens with two attached hydrogens (primary N) is 1. The van der Waals surface area contributed by atoms with Crippen molar-refractivity contribution in [2.75, 3.05) is 12.3 Å². The second-order valence-electron chi connectivity index (χ2n) is 4.83. The van der Waals surface area contributed by atoms with Crippen molar-refractivity contribution in [3.05, 3.63) is 16.7 Å². The molecule has 0 aliphatic heterocycles. The van der Waals surface area contributed by atoms with Crippen molar-refractivity contribution in [3.8, 4) is 18.0 Å². The van der Waals surface area contributed by atoms with Gasteiger partial charge in [-0.1, -0.05) is 20.8 Å². The van der Waals surface area contributed by atoms with Gasteiger partial charge in [0.05, 0.1) is 12.2 Å². The molecule has 1 aromatic heterocycles. The minimum absolute atomic E-state index is 0.102. The molecule has 5 heteroatoms. The van der Waals surface area contributed by atoms with Gasteiger partial charge in [0.25, 0.3) is 0 Å². The van der Waals surface area contributed by atoms with E-state index in [0.29, 0.717) is 12.2 Å². The van der Waals surface area contributed by atoms with E-state index in [0.717, 1.165) is 0 Å². The fourth-order valence-electron chi connectivity index (χ4n) is 1.79. The van der Waals surface area contributed by atoms with Crippen LogP contribution in [0.4, 0.5) is 5.82 Å². The summed E-state index contributed by atoms with van der Waals surface area (Å²) < 4.78 is 5.32. The molecule has 0 aromatic carbocycles. The summed E-state index contributed by atoms with van der Waals surface area (Å²) in [6.07, 6.45) is 0. The van der Waals surface area contributed by atoms with Crippen LogP contribution in [0.2, 0.25) is 0 Å². The topological polar surface area (TPSA) is 95.7 Å². The third-order valence-electron chi connectivity index (χ3n) is 2.45. The number of anilines is 1. The Balaban J connectivity index is 3.74. The molecular weight excluding hydrogens is 228 g/mol. The molecule has 0 radical (unpaired) electrons. The molecule has 94 valence electrons. The summed E-state index contributed by atoms with van der Waals surface area (Å²) in [7, 11) is 0. The van der Waals surface area contributed by atoms with Crippen molar-refractivity contribution in [3.63, 3.8) is 0 Å². The lowest BCUT2D eigenvalue weighted by Gasteiger charge is -2.23. The summed E-state index contributed by atoms with van der Waals surface area (Å²) in [5, 5.41) is 18.5. The maximum Gasteiger partial charge on any atom is 0.234 e. The highest BCUT2D eigenvalue weighted by Crippen LogP contribution is 2.35. The average molecular weight is 244 g/mol. The highest BCUT2D eigenvalue weighted by molar-refractivity contribution is 5.64.